The van der Waals surface area contributed by atoms with Gasteiger partial charge in [-0.15, -0.1) is 0 Å². The van der Waals surface area contributed by atoms with Gasteiger partial charge >= 0.3 is 0 Å². The van der Waals surface area contributed by atoms with Crippen LogP contribution in [0, 0.1) is 5.92 Å². The van der Waals surface area contributed by atoms with Gasteiger partial charge in [-0.3, -0.25) is 0 Å². The van der Waals surface area contributed by atoms with E-state index in [2.05, 4.69) is 71.1 Å². The third-order valence-corrected chi connectivity index (χ3v) is 3.67. The van der Waals surface area contributed by atoms with Gasteiger partial charge in [0, 0.05) is 5.54 Å². The highest BCUT2D eigenvalue weighted by atomic mass is 14.9. The Morgan fingerprint density at radius 2 is 1.63 bits per heavy atom. The molecule has 1 atom stereocenters. The lowest BCUT2D eigenvalue weighted by Crippen LogP contribution is -2.39. The van der Waals surface area contributed by atoms with E-state index >= 15 is 0 Å². The van der Waals surface area contributed by atoms with Crippen LogP contribution < -0.4 is 5.32 Å². The van der Waals surface area contributed by atoms with Gasteiger partial charge in [-0.05, 0) is 56.7 Å². The number of hydrogen-bond donors (Lipinski definition) is 1. The molecule has 1 N–H and O–H groups in total. The van der Waals surface area contributed by atoms with Crippen molar-refractivity contribution >= 4 is 0 Å². The van der Waals surface area contributed by atoms with E-state index in [4.69, 9.17) is 0 Å². The fraction of sp³-hybridized carbons (Fsp3) is 0.667. The molecule has 1 aromatic carbocycles. The molecule has 0 aliphatic carbocycles. The molecular formula is C18H31N. The van der Waals surface area contributed by atoms with E-state index in [1.165, 1.54) is 24.0 Å². The van der Waals surface area contributed by atoms with Crippen molar-refractivity contribution < 1.29 is 0 Å². The van der Waals surface area contributed by atoms with Crippen LogP contribution in [-0.4, -0.2) is 12.1 Å². The first-order chi connectivity index (χ1) is 8.81. The normalized spacial score (nSPS) is 13.8. The molecule has 0 fully saturated rings. The Kier molecular flexibility index (Phi) is 6.06. The molecular weight excluding hydrogens is 230 g/mol. The molecule has 0 bridgehead atoms. The van der Waals surface area contributed by atoms with Gasteiger partial charge in [0.2, 0.25) is 0 Å². The maximum atomic E-state index is 3.62. The fourth-order valence-corrected chi connectivity index (χ4v) is 2.18. The summed E-state index contributed by atoms with van der Waals surface area (Å²) in [7, 11) is 0. The van der Waals surface area contributed by atoms with Crippen molar-refractivity contribution in [1.29, 1.82) is 0 Å². The second-order valence-corrected chi connectivity index (χ2v) is 7.01. The maximum Gasteiger partial charge on any atom is 0.00966 e. The summed E-state index contributed by atoms with van der Waals surface area (Å²) in [5.74, 6) is 1.35. The van der Waals surface area contributed by atoms with Gasteiger partial charge in [0.25, 0.3) is 0 Å². The summed E-state index contributed by atoms with van der Waals surface area (Å²) in [5, 5.41) is 3.62. The van der Waals surface area contributed by atoms with Gasteiger partial charge < -0.3 is 5.32 Å². The summed E-state index contributed by atoms with van der Waals surface area (Å²) in [4.78, 5) is 0. The van der Waals surface area contributed by atoms with Gasteiger partial charge in [-0.2, -0.15) is 0 Å². The standard InChI is InChI=1S/C18H31N/c1-7-15(13-19-18(4,5)6)12-16-8-10-17(11-9-16)14(2)3/h8-11,14-15,19H,7,12-13H2,1-6H3. The molecule has 0 saturated heterocycles. The summed E-state index contributed by atoms with van der Waals surface area (Å²) in [5.41, 5.74) is 3.12. The molecule has 1 heteroatoms. The lowest BCUT2D eigenvalue weighted by Gasteiger charge is -2.25. The van der Waals surface area contributed by atoms with E-state index in [0.717, 1.165) is 12.5 Å². The number of rotatable bonds is 6. The quantitative estimate of drug-likeness (QED) is 0.778. The van der Waals surface area contributed by atoms with Crippen LogP contribution in [0.15, 0.2) is 24.3 Å². The molecule has 0 aliphatic heterocycles. The summed E-state index contributed by atoms with van der Waals surface area (Å²) in [6.07, 6.45) is 2.41. The van der Waals surface area contributed by atoms with Gasteiger partial charge in [-0.1, -0.05) is 51.5 Å². The van der Waals surface area contributed by atoms with E-state index in [1.54, 1.807) is 0 Å². The third kappa shape index (κ3) is 6.24. The first-order valence-corrected chi connectivity index (χ1v) is 7.65. The lowest BCUT2D eigenvalue weighted by atomic mass is 9.94. The molecule has 0 amide bonds. The van der Waals surface area contributed by atoms with E-state index < -0.39 is 0 Å². The zero-order chi connectivity index (χ0) is 14.5. The smallest absolute Gasteiger partial charge is 0.00966 e. The van der Waals surface area contributed by atoms with Crippen molar-refractivity contribution in [3.8, 4) is 0 Å². The van der Waals surface area contributed by atoms with E-state index in [-0.39, 0.29) is 5.54 Å². The molecule has 19 heavy (non-hydrogen) atoms. The van der Waals surface area contributed by atoms with Crippen molar-refractivity contribution in [3.63, 3.8) is 0 Å². The van der Waals surface area contributed by atoms with Gasteiger partial charge in [-0.25, -0.2) is 0 Å². The first kappa shape index (κ1) is 16.2. The van der Waals surface area contributed by atoms with Crippen LogP contribution >= 0.6 is 0 Å². The average molecular weight is 261 g/mol. The van der Waals surface area contributed by atoms with Crippen LogP contribution in [0.25, 0.3) is 0 Å². The number of hydrogen-bond acceptors (Lipinski definition) is 1. The number of benzene rings is 1. The Bertz CT molecular complexity index is 356. The van der Waals surface area contributed by atoms with Crippen LogP contribution in [0.5, 0.6) is 0 Å². The molecule has 0 aromatic heterocycles. The summed E-state index contributed by atoms with van der Waals surface area (Å²) < 4.78 is 0. The fourth-order valence-electron chi connectivity index (χ4n) is 2.18. The Hall–Kier alpha value is -0.820. The molecule has 0 spiro atoms. The van der Waals surface area contributed by atoms with E-state index in [0.29, 0.717) is 5.92 Å². The zero-order valence-electron chi connectivity index (χ0n) is 13.6. The predicted molar refractivity (Wildman–Crippen MR) is 85.8 cm³/mol. The van der Waals surface area contributed by atoms with E-state index in [9.17, 15) is 0 Å². The molecule has 1 unspecified atom stereocenters. The minimum atomic E-state index is 0.217. The Morgan fingerprint density at radius 3 is 2.05 bits per heavy atom. The third-order valence-electron chi connectivity index (χ3n) is 3.67. The molecule has 0 saturated carbocycles. The Morgan fingerprint density at radius 1 is 1.05 bits per heavy atom. The molecule has 0 aliphatic rings. The Balaban J connectivity index is 2.55. The summed E-state index contributed by atoms with van der Waals surface area (Å²) in [6, 6.07) is 9.16. The van der Waals surface area contributed by atoms with E-state index in [1.807, 2.05) is 0 Å². The maximum absolute atomic E-state index is 3.62. The molecule has 1 rings (SSSR count). The SMILES string of the molecule is CCC(CNC(C)(C)C)Cc1ccc(C(C)C)cc1. The van der Waals surface area contributed by atoms with Gasteiger partial charge in [0.05, 0.1) is 0 Å². The molecule has 108 valence electrons. The predicted octanol–water partition coefficient (Wildman–Crippen LogP) is 4.77. The molecule has 1 aromatic rings. The van der Waals surface area contributed by atoms with Crippen molar-refractivity contribution in [3.05, 3.63) is 35.4 Å². The van der Waals surface area contributed by atoms with Gasteiger partial charge in [0.15, 0.2) is 0 Å². The monoisotopic (exact) mass is 261 g/mol. The van der Waals surface area contributed by atoms with Crippen LogP contribution in [0.3, 0.4) is 0 Å². The highest BCUT2D eigenvalue weighted by Crippen LogP contribution is 2.18. The summed E-state index contributed by atoms with van der Waals surface area (Å²) >= 11 is 0. The Labute approximate surface area is 119 Å². The molecule has 0 radical (unpaired) electrons. The van der Waals surface area contributed by atoms with Crippen molar-refractivity contribution in [2.24, 2.45) is 5.92 Å². The topological polar surface area (TPSA) is 12.0 Å². The first-order valence-electron chi connectivity index (χ1n) is 7.65. The second-order valence-electron chi connectivity index (χ2n) is 7.01. The minimum absolute atomic E-state index is 0.217. The second kappa shape index (κ2) is 7.09. The lowest BCUT2D eigenvalue weighted by molar-refractivity contribution is 0.363. The highest BCUT2D eigenvalue weighted by Gasteiger charge is 2.13. The van der Waals surface area contributed by atoms with Gasteiger partial charge in [0.1, 0.15) is 0 Å². The van der Waals surface area contributed by atoms with Crippen LogP contribution in [0.4, 0.5) is 0 Å². The van der Waals surface area contributed by atoms with Crippen molar-refractivity contribution in [2.75, 3.05) is 6.54 Å². The minimum Gasteiger partial charge on any atom is -0.312 e. The molecule has 1 nitrogen and oxygen atoms in total. The number of nitrogens with one attached hydrogen (secondary N) is 1. The zero-order valence-corrected chi connectivity index (χ0v) is 13.6. The van der Waals surface area contributed by atoms with Crippen LogP contribution in [-0.2, 0) is 6.42 Å². The van der Waals surface area contributed by atoms with Crippen molar-refractivity contribution in [1.82, 2.24) is 5.32 Å². The largest absolute Gasteiger partial charge is 0.312 e. The summed E-state index contributed by atoms with van der Waals surface area (Å²) in [6.45, 7) is 14.6. The molecule has 0 heterocycles. The van der Waals surface area contributed by atoms with Crippen LogP contribution in [0.1, 0.15) is 65.0 Å². The highest BCUT2D eigenvalue weighted by molar-refractivity contribution is 5.25. The van der Waals surface area contributed by atoms with Crippen LogP contribution in [0.2, 0.25) is 0 Å². The average Bonchev–Trinajstić information content (AvgIpc) is 2.34. The van der Waals surface area contributed by atoms with Crippen molar-refractivity contribution in [2.45, 2.75) is 65.8 Å².